The maximum atomic E-state index is 12.2. The molecular weight excluding hydrogens is 950 g/mol. The summed E-state index contributed by atoms with van der Waals surface area (Å²) in [7, 11) is 0. The molecule has 7 aromatic carbocycles. The summed E-state index contributed by atoms with van der Waals surface area (Å²) in [4.78, 5) is 10.5. The summed E-state index contributed by atoms with van der Waals surface area (Å²) >= 11 is 0. The maximum Gasteiger partial charge on any atom is 0.148 e. The van der Waals surface area contributed by atoms with Gasteiger partial charge in [-0.1, -0.05) is 186 Å². The van der Waals surface area contributed by atoms with Gasteiger partial charge >= 0.3 is 0 Å². The summed E-state index contributed by atoms with van der Waals surface area (Å²) in [6, 6.07) is 61.4. The van der Waals surface area contributed by atoms with Gasteiger partial charge in [0.15, 0.2) is 0 Å². The van der Waals surface area contributed by atoms with E-state index in [-0.39, 0.29) is 44.1 Å². The van der Waals surface area contributed by atoms with Crippen LogP contribution in [0.1, 0.15) is 77.0 Å². The average molecular weight is 1000 g/mol. The van der Waals surface area contributed by atoms with Crippen molar-refractivity contribution in [2.45, 2.75) is 65.7 Å². The second-order valence-electron chi connectivity index (χ2n) is 18.0. The molecule has 63 heavy (non-hydrogen) atoms. The second-order valence-corrected chi connectivity index (χ2v) is 18.0. The van der Waals surface area contributed by atoms with Crippen molar-refractivity contribution in [3.05, 3.63) is 193 Å². The molecule has 0 spiro atoms. The van der Waals surface area contributed by atoms with Crippen LogP contribution >= 0.6 is 0 Å². The number of aromatic nitrogens is 3. The van der Waals surface area contributed by atoms with Crippen molar-refractivity contribution in [2.24, 2.45) is 0 Å². The molecule has 0 unspecified atom stereocenters. The van der Waals surface area contributed by atoms with E-state index in [1.807, 2.05) is 18.3 Å². The molecule has 0 saturated heterocycles. The Morgan fingerprint density at radius 2 is 1.19 bits per heavy atom. The standard InChI is InChI=1S/C58H52N3O.Pt/c1-37(2)43-33-50(38(3)4)56(62)51(34-43)57-60-55-49(24-17-25-54(55)61(57)47-26-27-48(41-22-15-10-16-23-41)52(36-47)58(5,6)7)45-30-44(40-20-13-9-14-21-40)31-46(32-45)53-35-42(28-29-59-53)39-18-11-8-12-19-39;/h8-31,33-38,62H,1-7H3;/q-1;. The Morgan fingerprint density at radius 1 is 0.556 bits per heavy atom. The SMILES string of the molecule is CC(C)c1cc(-c2nc3c(-c4[c-]c(-c5cc(-c6ccccc6)ccn5)cc(-c5ccccc5)c4)cccc3n2-c2ccc(-c3ccccc3)c(C(C)(C)C)c2)c(O)c(C(C)C)c1.[Pt]. The number of para-hydroxylation sites is 1. The Labute approximate surface area is 386 Å². The minimum atomic E-state index is -0.164. The number of phenolic OH excluding ortho intramolecular Hbond substituents is 1. The summed E-state index contributed by atoms with van der Waals surface area (Å²) in [5.41, 5.74) is 17.0. The van der Waals surface area contributed by atoms with Gasteiger partial charge in [0.05, 0.1) is 16.6 Å². The number of phenols is 1. The van der Waals surface area contributed by atoms with Gasteiger partial charge < -0.3 is 5.11 Å². The van der Waals surface area contributed by atoms with Gasteiger partial charge in [0.1, 0.15) is 11.6 Å². The number of pyridine rings is 1. The van der Waals surface area contributed by atoms with Gasteiger partial charge in [-0.05, 0) is 92.1 Å². The molecule has 0 amide bonds. The van der Waals surface area contributed by atoms with Crippen molar-refractivity contribution in [1.29, 1.82) is 0 Å². The molecule has 316 valence electrons. The molecule has 0 aliphatic carbocycles. The molecule has 4 nitrogen and oxygen atoms in total. The van der Waals surface area contributed by atoms with E-state index < -0.39 is 0 Å². The van der Waals surface area contributed by atoms with Crippen LogP contribution < -0.4 is 0 Å². The molecular formula is C58H52N3OPt-. The number of fused-ring (bicyclic) bond motifs is 1. The summed E-state index contributed by atoms with van der Waals surface area (Å²) in [6.07, 6.45) is 1.88. The zero-order valence-electron chi connectivity index (χ0n) is 36.9. The van der Waals surface area contributed by atoms with Crippen molar-refractivity contribution >= 4 is 11.0 Å². The number of rotatable bonds is 9. The molecule has 0 saturated carbocycles. The van der Waals surface area contributed by atoms with Crippen molar-refractivity contribution in [2.75, 3.05) is 0 Å². The van der Waals surface area contributed by atoms with Crippen LogP contribution in [0, 0.1) is 6.07 Å². The summed E-state index contributed by atoms with van der Waals surface area (Å²) in [5.74, 6) is 1.32. The van der Waals surface area contributed by atoms with Gasteiger partial charge in [0.2, 0.25) is 0 Å². The molecule has 1 N–H and O–H groups in total. The molecule has 0 fully saturated rings. The topological polar surface area (TPSA) is 50.9 Å². The number of imidazole rings is 1. The molecule has 2 aromatic heterocycles. The summed E-state index contributed by atoms with van der Waals surface area (Å²) < 4.78 is 2.25. The van der Waals surface area contributed by atoms with Gasteiger partial charge in [-0.3, -0.25) is 9.55 Å². The molecule has 0 bridgehead atoms. The monoisotopic (exact) mass is 1000 g/mol. The molecule has 0 radical (unpaired) electrons. The van der Waals surface area contributed by atoms with Crippen LogP contribution in [-0.2, 0) is 26.5 Å². The van der Waals surface area contributed by atoms with E-state index in [9.17, 15) is 5.11 Å². The van der Waals surface area contributed by atoms with Crippen LogP contribution in [0.15, 0.2) is 170 Å². The Hall–Kier alpha value is -6.35. The van der Waals surface area contributed by atoms with E-state index in [0.29, 0.717) is 5.82 Å². The third-order valence-electron chi connectivity index (χ3n) is 11.9. The van der Waals surface area contributed by atoms with E-state index in [4.69, 9.17) is 9.97 Å². The van der Waals surface area contributed by atoms with E-state index in [1.54, 1.807) is 0 Å². The summed E-state index contributed by atoms with van der Waals surface area (Å²) in [5, 5.41) is 12.2. The van der Waals surface area contributed by atoms with Gasteiger partial charge in [0.25, 0.3) is 0 Å². The fourth-order valence-electron chi connectivity index (χ4n) is 8.58. The van der Waals surface area contributed by atoms with Crippen LogP contribution in [0.3, 0.4) is 0 Å². The van der Waals surface area contributed by atoms with Crippen LogP contribution in [-0.4, -0.2) is 19.6 Å². The van der Waals surface area contributed by atoms with Crippen molar-refractivity contribution in [1.82, 2.24) is 14.5 Å². The summed E-state index contributed by atoms with van der Waals surface area (Å²) in [6.45, 7) is 15.5. The maximum absolute atomic E-state index is 12.2. The normalized spacial score (nSPS) is 11.6. The van der Waals surface area contributed by atoms with Crippen molar-refractivity contribution in [3.63, 3.8) is 0 Å². The Morgan fingerprint density at radius 3 is 1.83 bits per heavy atom. The van der Waals surface area contributed by atoms with Gasteiger partial charge in [-0.25, -0.2) is 4.98 Å². The van der Waals surface area contributed by atoms with Gasteiger partial charge in [0, 0.05) is 38.6 Å². The third kappa shape index (κ3) is 8.58. The Balaban J connectivity index is 0.00000544. The average Bonchev–Trinajstić information content (AvgIpc) is 3.69. The number of hydrogen-bond acceptors (Lipinski definition) is 3. The molecule has 0 atom stereocenters. The van der Waals surface area contributed by atoms with Gasteiger partial charge in [-0.15, -0.1) is 23.8 Å². The molecule has 0 aliphatic heterocycles. The number of benzene rings is 7. The van der Waals surface area contributed by atoms with Crippen LogP contribution in [0.5, 0.6) is 5.75 Å². The first kappa shape index (κ1) is 43.3. The van der Waals surface area contributed by atoms with E-state index in [2.05, 4.69) is 211 Å². The van der Waals surface area contributed by atoms with E-state index in [0.717, 1.165) is 78.0 Å². The Bertz CT molecular complexity index is 3050. The number of aromatic hydroxyl groups is 1. The Kier molecular flexibility index (Phi) is 12.2. The minimum Gasteiger partial charge on any atom is -0.507 e. The first-order valence-electron chi connectivity index (χ1n) is 21.7. The largest absolute Gasteiger partial charge is 0.507 e. The minimum absolute atomic E-state index is 0. The molecule has 9 rings (SSSR count). The number of nitrogens with zero attached hydrogens (tertiary/aromatic N) is 3. The smallest absolute Gasteiger partial charge is 0.148 e. The molecule has 5 heteroatoms. The zero-order valence-corrected chi connectivity index (χ0v) is 39.2. The van der Waals surface area contributed by atoms with Gasteiger partial charge in [-0.2, -0.15) is 0 Å². The quantitative estimate of drug-likeness (QED) is 0.147. The predicted octanol–water partition coefficient (Wildman–Crippen LogP) is 15.5. The molecule has 2 heterocycles. The fourth-order valence-corrected chi connectivity index (χ4v) is 8.58. The molecule has 0 aliphatic rings. The van der Waals surface area contributed by atoms with E-state index in [1.165, 1.54) is 16.7 Å². The van der Waals surface area contributed by atoms with E-state index >= 15 is 0 Å². The predicted molar refractivity (Wildman–Crippen MR) is 259 cm³/mol. The fraction of sp³-hybridized carbons (Fsp3) is 0.172. The van der Waals surface area contributed by atoms with Crippen molar-refractivity contribution in [3.8, 4) is 78.6 Å². The number of hydrogen-bond donors (Lipinski definition) is 1. The zero-order chi connectivity index (χ0) is 43.1. The third-order valence-corrected chi connectivity index (χ3v) is 11.9. The van der Waals surface area contributed by atoms with Crippen LogP contribution in [0.2, 0.25) is 0 Å². The van der Waals surface area contributed by atoms with Crippen LogP contribution in [0.25, 0.3) is 83.9 Å². The second kappa shape index (κ2) is 17.8. The first-order chi connectivity index (χ1) is 29.9. The first-order valence-corrected chi connectivity index (χ1v) is 21.7. The van der Waals surface area contributed by atoms with Crippen LogP contribution in [0.4, 0.5) is 0 Å². The van der Waals surface area contributed by atoms with Crippen molar-refractivity contribution < 1.29 is 26.2 Å². The molecule has 9 aromatic rings.